The van der Waals surface area contributed by atoms with Gasteiger partial charge in [-0.15, -0.1) is 0 Å². The molecular weight excluding hydrogens is 190 g/mol. The van der Waals surface area contributed by atoms with E-state index in [4.69, 9.17) is 10.8 Å². The molecule has 0 bridgehead atoms. The molecule has 0 radical (unpaired) electrons. The summed E-state index contributed by atoms with van der Waals surface area (Å²) in [5.74, 6) is 0.134. The van der Waals surface area contributed by atoms with Crippen LogP contribution in [0.3, 0.4) is 0 Å². The first kappa shape index (κ1) is 9.96. The van der Waals surface area contributed by atoms with Gasteiger partial charge in [-0.2, -0.15) is 0 Å². The zero-order chi connectivity index (χ0) is 10.8. The van der Waals surface area contributed by atoms with E-state index in [2.05, 4.69) is 0 Å². The first-order valence-electron chi connectivity index (χ1n) is 4.80. The summed E-state index contributed by atoms with van der Waals surface area (Å²) in [6, 6.07) is 10.6. The van der Waals surface area contributed by atoms with Gasteiger partial charge in [0, 0.05) is 5.56 Å². The van der Waals surface area contributed by atoms with Gasteiger partial charge in [-0.25, -0.2) is 0 Å². The fourth-order valence-corrected chi connectivity index (χ4v) is 1.64. The Morgan fingerprint density at radius 1 is 1.13 bits per heavy atom. The molecule has 15 heavy (non-hydrogen) atoms. The number of hydrogen-bond acceptors (Lipinski definition) is 3. The fraction of sp³-hybridized carbons (Fsp3) is 0.167. The van der Waals surface area contributed by atoms with Crippen molar-refractivity contribution in [3.63, 3.8) is 0 Å². The molecule has 2 rings (SSSR count). The summed E-state index contributed by atoms with van der Waals surface area (Å²) in [4.78, 5) is 0. The van der Waals surface area contributed by atoms with E-state index in [0.717, 1.165) is 10.8 Å². The van der Waals surface area contributed by atoms with Crippen LogP contribution in [0.15, 0.2) is 36.4 Å². The minimum atomic E-state index is -0.533. The van der Waals surface area contributed by atoms with Gasteiger partial charge in [-0.3, -0.25) is 0 Å². The molecule has 0 aliphatic rings. The van der Waals surface area contributed by atoms with Gasteiger partial charge in [0.05, 0.1) is 12.6 Å². The van der Waals surface area contributed by atoms with E-state index >= 15 is 0 Å². The monoisotopic (exact) mass is 203 g/mol. The van der Waals surface area contributed by atoms with Crippen LogP contribution in [0.5, 0.6) is 5.75 Å². The molecule has 3 nitrogen and oxygen atoms in total. The molecule has 0 spiro atoms. The molecular formula is C12H13NO2. The molecule has 1 unspecified atom stereocenters. The van der Waals surface area contributed by atoms with Crippen LogP contribution in [-0.4, -0.2) is 16.8 Å². The van der Waals surface area contributed by atoms with E-state index in [-0.39, 0.29) is 12.4 Å². The third kappa shape index (κ3) is 1.79. The fourth-order valence-electron chi connectivity index (χ4n) is 1.64. The highest BCUT2D eigenvalue weighted by Crippen LogP contribution is 2.28. The lowest BCUT2D eigenvalue weighted by molar-refractivity contribution is 0.265. The third-order valence-corrected chi connectivity index (χ3v) is 2.49. The number of phenols is 1. The van der Waals surface area contributed by atoms with E-state index in [9.17, 15) is 5.11 Å². The van der Waals surface area contributed by atoms with Crippen molar-refractivity contribution in [3.05, 3.63) is 42.0 Å². The first-order chi connectivity index (χ1) is 7.22. The van der Waals surface area contributed by atoms with E-state index in [1.165, 1.54) is 0 Å². The maximum atomic E-state index is 9.72. The summed E-state index contributed by atoms with van der Waals surface area (Å²) in [6.45, 7) is -0.175. The Bertz CT molecular complexity index is 482. The lowest BCUT2D eigenvalue weighted by Crippen LogP contribution is -2.14. The Morgan fingerprint density at radius 2 is 1.73 bits per heavy atom. The van der Waals surface area contributed by atoms with Crippen molar-refractivity contribution in [2.45, 2.75) is 6.04 Å². The normalized spacial score (nSPS) is 12.9. The number of aliphatic hydroxyl groups is 1. The van der Waals surface area contributed by atoms with Crippen molar-refractivity contribution in [1.29, 1.82) is 0 Å². The zero-order valence-corrected chi connectivity index (χ0v) is 8.22. The van der Waals surface area contributed by atoms with Crippen LogP contribution in [0.25, 0.3) is 10.8 Å². The second-order valence-corrected chi connectivity index (χ2v) is 3.55. The van der Waals surface area contributed by atoms with E-state index in [1.807, 2.05) is 30.3 Å². The van der Waals surface area contributed by atoms with Gasteiger partial charge in [-0.05, 0) is 22.9 Å². The minimum absolute atomic E-state index is 0.134. The van der Waals surface area contributed by atoms with Gasteiger partial charge in [0.1, 0.15) is 5.75 Å². The largest absolute Gasteiger partial charge is 0.508 e. The summed E-state index contributed by atoms with van der Waals surface area (Å²) in [5, 5.41) is 20.6. The van der Waals surface area contributed by atoms with Gasteiger partial charge in [0.15, 0.2) is 0 Å². The van der Waals surface area contributed by atoms with Crippen LogP contribution in [0.1, 0.15) is 11.6 Å². The maximum absolute atomic E-state index is 9.72. The number of phenolic OH excluding ortho intramolecular Hbond substituents is 1. The number of hydrogen-bond donors (Lipinski definition) is 3. The number of aliphatic hydroxyl groups excluding tert-OH is 1. The standard InChI is InChI=1S/C12H13NO2/c13-11(7-14)10-5-8-3-1-2-4-9(8)6-12(10)15/h1-6,11,14-15H,7,13H2. The Morgan fingerprint density at radius 3 is 2.33 bits per heavy atom. The molecule has 0 heterocycles. The Balaban J connectivity index is 2.61. The number of aromatic hydroxyl groups is 1. The van der Waals surface area contributed by atoms with Gasteiger partial charge in [-0.1, -0.05) is 24.3 Å². The quantitative estimate of drug-likeness (QED) is 0.693. The highest BCUT2D eigenvalue weighted by molar-refractivity contribution is 5.85. The molecule has 0 saturated carbocycles. The van der Waals surface area contributed by atoms with Crippen LogP contribution in [0.4, 0.5) is 0 Å². The Kier molecular flexibility index (Phi) is 2.58. The summed E-state index contributed by atoms with van der Waals surface area (Å²) < 4.78 is 0. The van der Waals surface area contributed by atoms with Crippen molar-refractivity contribution in [2.24, 2.45) is 5.73 Å². The smallest absolute Gasteiger partial charge is 0.121 e. The molecule has 0 aliphatic heterocycles. The second-order valence-electron chi connectivity index (χ2n) is 3.55. The van der Waals surface area contributed by atoms with Gasteiger partial charge in [0.25, 0.3) is 0 Å². The van der Waals surface area contributed by atoms with Crippen molar-refractivity contribution in [3.8, 4) is 5.75 Å². The SMILES string of the molecule is NC(CO)c1cc2ccccc2cc1O. The molecule has 0 aromatic heterocycles. The van der Waals surface area contributed by atoms with E-state index in [0.29, 0.717) is 5.56 Å². The van der Waals surface area contributed by atoms with Gasteiger partial charge in [0.2, 0.25) is 0 Å². The van der Waals surface area contributed by atoms with E-state index < -0.39 is 6.04 Å². The van der Waals surface area contributed by atoms with E-state index in [1.54, 1.807) is 6.07 Å². The highest BCUT2D eigenvalue weighted by Gasteiger charge is 2.10. The number of benzene rings is 2. The van der Waals surface area contributed by atoms with Crippen molar-refractivity contribution in [1.82, 2.24) is 0 Å². The van der Waals surface area contributed by atoms with Crippen LogP contribution in [0, 0.1) is 0 Å². The van der Waals surface area contributed by atoms with Crippen molar-refractivity contribution < 1.29 is 10.2 Å². The molecule has 0 amide bonds. The second kappa shape index (κ2) is 3.88. The predicted molar refractivity (Wildman–Crippen MR) is 59.6 cm³/mol. The zero-order valence-electron chi connectivity index (χ0n) is 8.22. The molecule has 78 valence electrons. The molecule has 2 aromatic rings. The third-order valence-electron chi connectivity index (χ3n) is 2.49. The number of nitrogens with two attached hydrogens (primary N) is 1. The van der Waals surface area contributed by atoms with Crippen LogP contribution in [0.2, 0.25) is 0 Å². The molecule has 1 atom stereocenters. The van der Waals surface area contributed by atoms with Crippen LogP contribution < -0.4 is 5.73 Å². The molecule has 2 aromatic carbocycles. The lowest BCUT2D eigenvalue weighted by atomic mass is 10.0. The molecule has 0 fully saturated rings. The molecule has 0 saturated heterocycles. The summed E-state index contributed by atoms with van der Waals surface area (Å²) >= 11 is 0. The van der Waals surface area contributed by atoms with Crippen LogP contribution >= 0.6 is 0 Å². The number of fused-ring (bicyclic) bond motifs is 1. The molecule has 0 aliphatic carbocycles. The maximum Gasteiger partial charge on any atom is 0.121 e. The van der Waals surface area contributed by atoms with Crippen LogP contribution in [-0.2, 0) is 0 Å². The molecule has 3 heteroatoms. The Hall–Kier alpha value is -1.58. The lowest BCUT2D eigenvalue weighted by Gasteiger charge is -2.11. The topological polar surface area (TPSA) is 66.5 Å². The average molecular weight is 203 g/mol. The highest BCUT2D eigenvalue weighted by atomic mass is 16.3. The summed E-state index contributed by atoms with van der Waals surface area (Å²) in [5.41, 5.74) is 6.26. The van der Waals surface area contributed by atoms with Crippen molar-refractivity contribution in [2.75, 3.05) is 6.61 Å². The molecule has 4 N–H and O–H groups in total. The minimum Gasteiger partial charge on any atom is -0.508 e. The average Bonchev–Trinajstić information content (AvgIpc) is 2.27. The summed E-state index contributed by atoms with van der Waals surface area (Å²) in [7, 11) is 0. The summed E-state index contributed by atoms with van der Waals surface area (Å²) in [6.07, 6.45) is 0. The van der Waals surface area contributed by atoms with Crippen molar-refractivity contribution >= 4 is 10.8 Å². The van der Waals surface area contributed by atoms with Gasteiger partial charge >= 0.3 is 0 Å². The number of rotatable bonds is 2. The predicted octanol–water partition coefficient (Wildman–Crippen LogP) is 1.54. The first-order valence-corrected chi connectivity index (χ1v) is 4.80. The van der Waals surface area contributed by atoms with Gasteiger partial charge < -0.3 is 15.9 Å². The Labute approximate surface area is 87.8 Å².